The molecule has 0 bridgehead atoms. The standard InChI is InChI=1S/C8H13F2NO/c9-6-4-11-3-1-2-8(11,5-12)7(6)10/h6-7,12H,1-5H2. The minimum atomic E-state index is -1.50. The molecule has 12 heavy (non-hydrogen) atoms. The fourth-order valence-electron chi connectivity index (χ4n) is 2.45. The molecule has 0 aromatic carbocycles. The Morgan fingerprint density at radius 2 is 2.25 bits per heavy atom. The first kappa shape index (κ1) is 8.38. The lowest BCUT2D eigenvalue weighted by molar-refractivity contribution is 0.0408. The van der Waals surface area contributed by atoms with E-state index in [9.17, 15) is 8.78 Å². The van der Waals surface area contributed by atoms with Crippen molar-refractivity contribution in [3.63, 3.8) is 0 Å². The molecule has 0 aliphatic carbocycles. The Hall–Kier alpha value is -0.220. The number of rotatable bonds is 1. The van der Waals surface area contributed by atoms with Crippen LogP contribution in [0, 0.1) is 0 Å². The summed E-state index contributed by atoms with van der Waals surface area (Å²) in [6.07, 6.45) is -1.44. The number of hydrogen-bond donors (Lipinski definition) is 1. The van der Waals surface area contributed by atoms with Crippen LogP contribution in [0.2, 0.25) is 0 Å². The lowest BCUT2D eigenvalue weighted by atomic mass is 9.93. The van der Waals surface area contributed by atoms with E-state index in [1.165, 1.54) is 0 Å². The van der Waals surface area contributed by atoms with Crippen LogP contribution in [0.4, 0.5) is 8.78 Å². The van der Waals surface area contributed by atoms with Gasteiger partial charge in [-0.25, -0.2) is 8.78 Å². The summed E-state index contributed by atoms with van der Waals surface area (Å²) >= 11 is 0. The molecule has 2 aliphatic heterocycles. The van der Waals surface area contributed by atoms with Crippen molar-refractivity contribution in [1.29, 1.82) is 0 Å². The highest BCUT2D eigenvalue weighted by atomic mass is 19.2. The average molecular weight is 177 g/mol. The Bertz CT molecular complexity index is 186. The van der Waals surface area contributed by atoms with Crippen LogP contribution in [0.15, 0.2) is 0 Å². The van der Waals surface area contributed by atoms with Crippen LogP contribution < -0.4 is 0 Å². The van der Waals surface area contributed by atoms with Crippen LogP contribution in [-0.2, 0) is 0 Å². The summed E-state index contributed by atoms with van der Waals surface area (Å²) in [4.78, 5) is 1.75. The van der Waals surface area contributed by atoms with Crippen LogP contribution in [0.3, 0.4) is 0 Å². The van der Waals surface area contributed by atoms with Gasteiger partial charge < -0.3 is 5.11 Å². The van der Waals surface area contributed by atoms with Crippen molar-refractivity contribution in [3.8, 4) is 0 Å². The van der Waals surface area contributed by atoms with E-state index in [4.69, 9.17) is 5.11 Å². The van der Waals surface area contributed by atoms with Crippen LogP contribution in [0.1, 0.15) is 12.8 Å². The number of halogens is 2. The number of fused-ring (bicyclic) bond motifs is 1. The smallest absolute Gasteiger partial charge is 0.153 e. The van der Waals surface area contributed by atoms with E-state index in [-0.39, 0.29) is 13.2 Å². The number of nitrogens with zero attached hydrogens (tertiary/aromatic N) is 1. The molecule has 2 heterocycles. The molecule has 2 fully saturated rings. The molecular formula is C8H13F2NO. The fraction of sp³-hybridized carbons (Fsp3) is 1.00. The van der Waals surface area contributed by atoms with Gasteiger partial charge in [0.1, 0.15) is 6.17 Å². The highest BCUT2D eigenvalue weighted by Gasteiger charge is 2.56. The molecule has 4 heteroatoms. The van der Waals surface area contributed by atoms with Crippen molar-refractivity contribution < 1.29 is 13.9 Å². The molecule has 0 aromatic rings. The van der Waals surface area contributed by atoms with Gasteiger partial charge in [-0.1, -0.05) is 0 Å². The quantitative estimate of drug-likeness (QED) is 0.630. The Balaban J connectivity index is 2.25. The highest BCUT2D eigenvalue weighted by Crippen LogP contribution is 2.41. The second-order valence-corrected chi connectivity index (χ2v) is 3.73. The number of alkyl halides is 2. The molecule has 3 unspecified atom stereocenters. The molecule has 1 N–H and O–H groups in total. The summed E-state index contributed by atoms with van der Waals surface area (Å²) < 4.78 is 26.3. The Morgan fingerprint density at radius 3 is 2.83 bits per heavy atom. The van der Waals surface area contributed by atoms with E-state index < -0.39 is 17.9 Å². The van der Waals surface area contributed by atoms with Gasteiger partial charge in [-0.3, -0.25) is 4.90 Å². The zero-order valence-corrected chi connectivity index (χ0v) is 6.84. The zero-order chi connectivity index (χ0) is 8.77. The van der Waals surface area contributed by atoms with E-state index in [1.54, 1.807) is 4.90 Å². The third kappa shape index (κ3) is 0.850. The maximum Gasteiger partial charge on any atom is 0.153 e. The maximum absolute atomic E-state index is 13.4. The Morgan fingerprint density at radius 1 is 1.50 bits per heavy atom. The molecule has 2 rings (SSSR count). The first-order valence-corrected chi connectivity index (χ1v) is 4.35. The fourth-order valence-corrected chi connectivity index (χ4v) is 2.45. The molecule has 0 radical (unpaired) electrons. The van der Waals surface area contributed by atoms with Gasteiger partial charge in [0, 0.05) is 6.54 Å². The third-order valence-electron chi connectivity index (χ3n) is 3.17. The molecule has 0 spiro atoms. The van der Waals surface area contributed by atoms with Crippen LogP contribution in [0.25, 0.3) is 0 Å². The van der Waals surface area contributed by atoms with Gasteiger partial charge in [0.25, 0.3) is 0 Å². The minimum Gasteiger partial charge on any atom is -0.394 e. The normalized spacial score (nSPS) is 48.2. The Labute approximate surface area is 70.2 Å². The van der Waals surface area contributed by atoms with Crippen molar-refractivity contribution in [2.75, 3.05) is 19.7 Å². The topological polar surface area (TPSA) is 23.5 Å². The van der Waals surface area contributed by atoms with Crippen molar-refractivity contribution in [2.24, 2.45) is 0 Å². The van der Waals surface area contributed by atoms with Crippen molar-refractivity contribution in [2.45, 2.75) is 30.7 Å². The van der Waals surface area contributed by atoms with Crippen molar-refractivity contribution >= 4 is 0 Å². The minimum absolute atomic E-state index is 0.154. The molecule has 0 amide bonds. The lowest BCUT2D eigenvalue weighted by Crippen LogP contribution is -2.48. The SMILES string of the molecule is OCC12CCCN1CC(F)C2F. The predicted octanol–water partition coefficient (Wildman–Crippen LogP) is 0.503. The second kappa shape index (κ2) is 2.64. The van der Waals surface area contributed by atoms with Crippen molar-refractivity contribution in [1.82, 2.24) is 4.90 Å². The van der Waals surface area contributed by atoms with E-state index in [0.29, 0.717) is 6.42 Å². The summed E-state index contributed by atoms with van der Waals surface area (Å²) in [6.45, 7) is 0.623. The first-order chi connectivity index (χ1) is 5.70. The molecule has 3 atom stereocenters. The molecule has 2 saturated heterocycles. The lowest BCUT2D eigenvalue weighted by Gasteiger charge is -2.30. The summed E-state index contributed by atoms with van der Waals surface area (Å²) in [5, 5.41) is 9.07. The highest BCUT2D eigenvalue weighted by molar-refractivity contribution is 5.09. The molecule has 0 aromatic heterocycles. The van der Waals surface area contributed by atoms with Crippen LogP contribution >= 0.6 is 0 Å². The number of aliphatic hydroxyl groups excluding tert-OH is 1. The summed E-state index contributed by atoms with van der Waals surface area (Å²) in [5.74, 6) is 0. The van der Waals surface area contributed by atoms with E-state index in [0.717, 1.165) is 13.0 Å². The van der Waals surface area contributed by atoms with E-state index in [1.807, 2.05) is 0 Å². The van der Waals surface area contributed by atoms with Gasteiger partial charge in [-0.2, -0.15) is 0 Å². The van der Waals surface area contributed by atoms with E-state index in [2.05, 4.69) is 0 Å². The predicted molar refractivity (Wildman–Crippen MR) is 40.4 cm³/mol. The molecule has 2 aliphatic rings. The molecule has 70 valence electrons. The number of hydrogen-bond acceptors (Lipinski definition) is 2. The summed E-state index contributed by atoms with van der Waals surface area (Å²) in [7, 11) is 0. The van der Waals surface area contributed by atoms with E-state index >= 15 is 0 Å². The van der Waals surface area contributed by atoms with Gasteiger partial charge in [0.2, 0.25) is 0 Å². The number of aliphatic hydroxyl groups is 1. The van der Waals surface area contributed by atoms with Gasteiger partial charge in [-0.05, 0) is 19.4 Å². The zero-order valence-electron chi connectivity index (χ0n) is 6.84. The van der Waals surface area contributed by atoms with Crippen LogP contribution in [-0.4, -0.2) is 47.6 Å². The summed E-state index contributed by atoms with van der Waals surface area (Å²) in [5.41, 5.74) is -0.876. The molecule has 0 saturated carbocycles. The average Bonchev–Trinajstić information content (AvgIpc) is 2.55. The molecular weight excluding hydrogens is 164 g/mol. The molecule has 2 nitrogen and oxygen atoms in total. The first-order valence-electron chi connectivity index (χ1n) is 4.35. The van der Waals surface area contributed by atoms with Gasteiger partial charge in [0.15, 0.2) is 6.17 Å². The maximum atomic E-state index is 13.4. The van der Waals surface area contributed by atoms with Gasteiger partial charge in [-0.15, -0.1) is 0 Å². The largest absolute Gasteiger partial charge is 0.394 e. The van der Waals surface area contributed by atoms with Gasteiger partial charge in [0.05, 0.1) is 12.1 Å². The monoisotopic (exact) mass is 177 g/mol. The summed E-state index contributed by atoms with van der Waals surface area (Å²) in [6, 6.07) is 0. The second-order valence-electron chi connectivity index (χ2n) is 3.73. The van der Waals surface area contributed by atoms with Crippen molar-refractivity contribution in [3.05, 3.63) is 0 Å². The van der Waals surface area contributed by atoms with Gasteiger partial charge >= 0.3 is 0 Å². The third-order valence-corrected chi connectivity index (χ3v) is 3.17. The Kier molecular flexibility index (Phi) is 1.84. The van der Waals surface area contributed by atoms with Crippen LogP contribution in [0.5, 0.6) is 0 Å².